The first kappa shape index (κ1) is 29.6. The Hall–Kier alpha value is -2.94. The van der Waals surface area contributed by atoms with Crippen LogP contribution >= 0.6 is 0 Å². The van der Waals surface area contributed by atoms with Crippen molar-refractivity contribution >= 4 is 11.9 Å². The summed E-state index contributed by atoms with van der Waals surface area (Å²) in [6.07, 6.45) is -1.87. The highest BCUT2D eigenvalue weighted by Crippen LogP contribution is 2.34. The van der Waals surface area contributed by atoms with Gasteiger partial charge >= 0.3 is 11.9 Å². The van der Waals surface area contributed by atoms with E-state index in [1.807, 2.05) is 60.6 Å². The third-order valence-electron chi connectivity index (χ3n) is 7.66. The van der Waals surface area contributed by atoms with Crippen molar-refractivity contribution in [3.63, 3.8) is 0 Å². The van der Waals surface area contributed by atoms with Crippen molar-refractivity contribution in [2.45, 2.75) is 67.0 Å². The van der Waals surface area contributed by atoms with Crippen molar-refractivity contribution in [2.24, 2.45) is 11.8 Å². The van der Waals surface area contributed by atoms with Crippen LogP contribution in [0.1, 0.15) is 62.4 Å². The second-order valence-corrected chi connectivity index (χ2v) is 10.2. The van der Waals surface area contributed by atoms with Gasteiger partial charge in [0, 0.05) is 26.1 Å². The number of methoxy groups -OCH3 is 2. The number of hydrogen-bond donors (Lipinski definition) is 0. The summed E-state index contributed by atoms with van der Waals surface area (Å²) in [4.78, 5) is 26.2. The summed E-state index contributed by atoms with van der Waals surface area (Å²) in [7, 11) is 3.10. The molecule has 2 aromatic rings. The van der Waals surface area contributed by atoms with Gasteiger partial charge in [-0.15, -0.1) is 0 Å². The molecule has 0 N–H and O–H groups in total. The fourth-order valence-corrected chi connectivity index (χ4v) is 4.65. The molecule has 1 saturated heterocycles. The van der Waals surface area contributed by atoms with Crippen LogP contribution < -0.4 is 4.74 Å². The number of esters is 2. The van der Waals surface area contributed by atoms with Gasteiger partial charge in [-0.2, -0.15) is 0 Å². The summed E-state index contributed by atoms with van der Waals surface area (Å²) >= 11 is 0. The Morgan fingerprint density at radius 1 is 0.816 bits per heavy atom. The van der Waals surface area contributed by atoms with Crippen molar-refractivity contribution in [3.05, 3.63) is 63.2 Å². The maximum atomic E-state index is 13.2. The van der Waals surface area contributed by atoms with E-state index in [2.05, 4.69) is 0 Å². The molecule has 5 atom stereocenters. The Balaban J connectivity index is 1.80. The standard InChI is InChI=1S/C30H40O8/c1-16-10-23(11-17(2)19(16)4)29(32)38-27-21(6)22(7)30(34-9)37-26(27)14-35-28(31)24-12-18(3)20(5)25(13-24)36-15-33-8/h10-13,21-22,26-27,30H,14-15H2,1-9H3/t21-,22?,26?,27+,30-/m1/s1. The number of rotatable bonds is 9. The lowest BCUT2D eigenvalue weighted by atomic mass is 9.84. The lowest BCUT2D eigenvalue weighted by molar-refractivity contribution is -0.259. The van der Waals surface area contributed by atoms with Gasteiger partial charge in [0.1, 0.15) is 24.6 Å². The molecule has 8 heteroatoms. The van der Waals surface area contributed by atoms with Gasteiger partial charge in [0.15, 0.2) is 13.1 Å². The Labute approximate surface area is 225 Å². The van der Waals surface area contributed by atoms with E-state index in [0.717, 1.165) is 27.8 Å². The van der Waals surface area contributed by atoms with Crippen LogP contribution in [0, 0.1) is 46.5 Å². The molecule has 0 saturated carbocycles. The van der Waals surface area contributed by atoms with Gasteiger partial charge in [-0.1, -0.05) is 13.8 Å². The van der Waals surface area contributed by atoms with Gasteiger partial charge in [-0.3, -0.25) is 0 Å². The molecule has 3 rings (SSSR count). The van der Waals surface area contributed by atoms with Crippen molar-refractivity contribution in [1.82, 2.24) is 0 Å². The monoisotopic (exact) mass is 528 g/mol. The molecule has 1 aliphatic heterocycles. The molecule has 0 bridgehead atoms. The first-order chi connectivity index (χ1) is 18.0. The quantitative estimate of drug-likeness (QED) is 0.323. The second-order valence-electron chi connectivity index (χ2n) is 10.2. The molecule has 0 amide bonds. The van der Waals surface area contributed by atoms with E-state index < -0.39 is 30.4 Å². The fraction of sp³-hybridized carbons (Fsp3) is 0.533. The van der Waals surface area contributed by atoms with E-state index in [4.69, 9.17) is 28.4 Å². The minimum atomic E-state index is -0.706. The van der Waals surface area contributed by atoms with Crippen molar-refractivity contribution in [3.8, 4) is 5.75 Å². The van der Waals surface area contributed by atoms with E-state index in [1.54, 1.807) is 19.2 Å². The minimum absolute atomic E-state index is 0.0496. The first-order valence-corrected chi connectivity index (χ1v) is 12.9. The van der Waals surface area contributed by atoms with Gasteiger partial charge in [0.25, 0.3) is 0 Å². The Morgan fingerprint density at radius 3 is 1.97 bits per heavy atom. The van der Waals surface area contributed by atoms with Crippen molar-refractivity contribution < 1.29 is 38.0 Å². The van der Waals surface area contributed by atoms with E-state index in [9.17, 15) is 9.59 Å². The largest absolute Gasteiger partial charge is 0.467 e. The van der Waals surface area contributed by atoms with Crippen LogP contribution in [0.25, 0.3) is 0 Å². The average Bonchev–Trinajstić information content (AvgIpc) is 2.89. The Morgan fingerprint density at radius 2 is 1.39 bits per heavy atom. The average molecular weight is 529 g/mol. The number of carbonyl (C=O) groups excluding carboxylic acids is 2. The summed E-state index contributed by atoms with van der Waals surface area (Å²) in [6, 6.07) is 7.05. The summed E-state index contributed by atoms with van der Waals surface area (Å²) in [5, 5.41) is 0. The summed E-state index contributed by atoms with van der Waals surface area (Å²) < 4.78 is 33.9. The van der Waals surface area contributed by atoms with Gasteiger partial charge in [-0.25, -0.2) is 9.59 Å². The molecule has 208 valence electrons. The summed E-state index contributed by atoms with van der Waals surface area (Å²) in [5.41, 5.74) is 5.80. The first-order valence-electron chi connectivity index (χ1n) is 12.9. The molecular formula is C30H40O8. The molecule has 38 heavy (non-hydrogen) atoms. The lowest BCUT2D eigenvalue weighted by Gasteiger charge is -2.43. The van der Waals surface area contributed by atoms with Gasteiger partial charge < -0.3 is 28.4 Å². The zero-order valence-corrected chi connectivity index (χ0v) is 23.9. The maximum absolute atomic E-state index is 13.2. The summed E-state index contributed by atoms with van der Waals surface area (Å²) in [5.74, 6) is -0.583. The minimum Gasteiger partial charge on any atom is -0.467 e. The van der Waals surface area contributed by atoms with Crippen LogP contribution in [-0.2, 0) is 23.7 Å². The number of hydrogen-bond acceptors (Lipinski definition) is 8. The lowest BCUT2D eigenvalue weighted by Crippen LogP contribution is -2.53. The number of carbonyl (C=O) groups is 2. The fourth-order valence-electron chi connectivity index (χ4n) is 4.65. The van der Waals surface area contributed by atoms with Gasteiger partial charge in [-0.05, 0) is 86.7 Å². The molecule has 0 radical (unpaired) electrons. The normalized spacial score (nSPS) is 23.1. The predicted octanol–water partition coefficient (Wildman–Crippen LogP) is 5.24. The number of aryl methyl sites for hydroxylation is 3. The molecule has 0 aromatic heterocycles. The van der Waals surface area contributed by atoms with E-state index in [-0.39, 0.29) is 25.2 Å². The highest BCUT2D eigenvalue weighted by molar-refractivity contribution is 5.91. The van der Waals surface area contributed by atoms with Crippen LogP contribution in [0.2, 0.25) is 0 Å². The molecular weight excluding hydrogens is 488 g/mol. The zero-order chi connectivity index (χ0) is 28.1. The highest BCUT2D eigenvalue weighted by Gasteiger charge is 2.44. The van der Waals surface area contributed by atoms with Crippen molar-refractivity contribution in [1.29, 1.82) is 0 Å². The molecule has 0 aliphatic carbocycles. The molecule has 2 unspecified atom stereocenters. The van der Waals surface area contributed by atoms with E-state index in [1.165, 1.54) is 7.11 Å². The number of ether oxygens (including phenoxy) is 6. The number of benzene rings is 2. The van der Waals surface area contributed by atoms with Crippen LogP contribution in [-0.4, -0.2) is 58.1 Å². The van der Waals surface area contributed by atoms with Crippen LogP contribution in [0.15, 0.2) is 24.3 Å². The van der Waals surface area contributed by atoms with E-state index in [0.29, 0.717) is 16.9 Å². The van der Waals surface area contributed by atoms with Crippen LogP contribution in [0.3, 0.4) is 0 Å². The third-order valence-corrected chi connectivity index (χ3v) is 7.66. The molecule has 1 aliphatic rings. The zero-order valence-electron chi connectivity index (χ0n) is 23.9. The summed E-state index contributed by atoms with van der Waals surface area (Å²) in [6.45, 7) is 13.7. The highest BCUT2D eigenvalue weighted by atomic mass is 16.7. The second kappa shape index (κ2) is 12.7. The van der Waals surface area contributed by atoms with Gasteiger partial charge in [0.2, 0.25) is 0 Å². The predicted molar refractivity (Wildman–Crippen MR) is 143 cm³/mol. The van der Waals surface area contributed by atoms with Crippen LogP contribution in [0.5, 0.6) is 5.75 Å². The molecule has 1 heterocycles. The smallest absolute Gasteiger partial charge is 0.338 e. The maximum Gasteiger partial charge on any atom is 0.338 e. The van der Waals surface area contributed by atoms with Gasteiger partial charge in [0.05, 0.1) is 11.1 Å². The third kappa shape index (κ3) is 6.54. The molecule has 1 fully saturated rings. The SMILES string of the molecule is COCOc1cc(C(=O)OCC2O[C@@H](OC)C(C)[C@@H](C)[C@@H]2OC(=O)c2cc(C)c(C)c(C)c2)cc(C)c1C. The Bertz CT molecular complexity index is 1130. The topological polar surface area (TPSA) is 89.5 Å². The van der Waals surface area contributed by atoms with Crippen molar-refractivity contribution in [2.75, 3.05) is 27.6 Å². The van der Waals surface area contributed by atoms with E-state index >= 15 is 0 Å². The van der Waals surface area contributed by atoms with Crippen LogP contribution in [0.4, 0.5) is 0 Å². The molecule has 8 nitrogen and oxygen atoms in total. The molecule has 0 spiro atoms. The molecule has 2 aromatic carbocycles. The Kier molecular flexibility index (Phi) is 9.93.